The Balaban J connectivity index is 2.44. The molecule has 0 saturated heterocycles. The van der Waals surface area contributed by atoms with Gasteiger partial charge in [0.2, 0.25) is 5.95 Å². The van der Waals surface area contributed by atoms with Gasteiger partial charge in [-0.05, 0) is 13.3 Å². The molecule has 0 atom stereocenters. The number of fused-ring (bicyclic) bond motifs is 1. The lowest BCUT2D eigenvalue weighted by molar-refractivity contribution is 0.785. The van der Waals surface area contributed by atoms with Crippen LogP contribution in [0.15, 0.2) is 6.20 Å². The van der Waals surface area contributed by atoms with E-state index in [4.69, 9.17) is 0 Å². The first-order valence-electron chi connectivity index (χ1n) is 5.93. The molecule has 6 nitrogen and oxygen atoms in total. The third kappa shape index (κ3) is 2.30. The van der Waals surface area contributed by atoms with Crippen LogP contribution in [0.5, 0.6) is 0 Å². The number of nitrogens with zero attached hydrogens (tertiary/aromatic N) is 4. The Morgan fingerprint density at radius 3 is 2.76 bits per heavy atom. The summed E-state index contributed by atoms with van der Waals surface area (Å²) in [7, 11) is 1.88. The maximum Gasteiger partial charge on any atom is 0.226 e. The lowest BCUT2D eigenvalue weighted by Crippen LogP contribution is -2.08. The standard InChI is InChI=1S/C11H18N6/c1-4-6-13-11-15-9(12-5-2)8-7-14-17(3)10(8)16-11/h7H,4-6H2,1-3H3,(H2,12,13,15,16). The maximum absolute atomic E-state index is 4.45. The van der Waals surface area contributed by atoms with E-state index in [1.165, 1.54) is 0 Å². The Morgan fingerprint density at radius 2 is 2.06 bits per heavy atom. The van der Waals surface area contributed by atoms with E-state index in [9.17, 15) is 0 Å². The van der Waals surface area contributed by atoms with E-state index in [0.29, 0.717) is 5.95 Å². The molecule has 2 rings (SSSR count). The van der Waals surface area contributed by atoms with E-state index >= 15 is 0 Å². The molecule has 2 aromatic rings. The van der Waals surface area contributed by atoms with Crippen molar-refractivity contribution in [1.29, 1.82) is 0 Å². The number of nitrogens with one attached hydrogen (secondary N) is 2. The van der Waals surface area contributed by atoms with Gasteiger partial charge in [-0.3, -0.25) is 4.68 Å². The summed E-state index contributed by atoms with van der Waals surface area (Å²) >= 11 is 0. The van der Waals surface area contributed by atoms with Crippen molar-refractivity contribution >= 4 is 22.8 Å². The number of aryl methyl sites for hydroxylation is 1. The van der Waals surface area contributed by atoms with Gasteiger partial charge in [0.05, 0.1) is 11.6 Å². The van der Waals surface area contributed by atoms with Gasteiger partial charge in [0, 0.05) is 20.1 Å². The van der Waals surface area contributed by atoms with Crippen LogP contribution in [0, 0.1) is 0 Å². The summed E-state index contributed by atoms with van der Waals surface area (Å²) in [4.78, 5) is 8.91. The number of anilines is 2. The van der Waals surface area contributed by atoms with Crippen LogP contribution in [0.4, 0.5) is 11.8 Å². The summed E-state index contributed by atoms with van der Waals surface area (Å²) < 4.78 is 1.76. The quantitative estimate of drug-likeness (QED) is 0.822. The molecule has 2 N–H and O–H groups in total. The van der Waals surface area contributed by atoms with Gasteiger partial charge in [-0.25, -0.2) is 0 Å². The van der Waals surface area contributed by atoms with Gasteiger partial charge in [-0.1, -0.05) is 6.92 Å². The van der Waals surface area contributed by atoms with Crippen LogP contribution in [0.3, 0.4) is 0 Å². The molecule has 0 fully saturated rings. The highest BCUT2D eigenvalue weighted by Gasteiger charge is 2.10. The lowest BCUT2D eigenvalue weighted by Gasteiger charge is -2.08. The highest BCUT2D eigenvalue weighted by molar-refractivity contribution is 5.87. The second kappa shape index (κ2) is 4.99. The normalized spacial score (nSPS) is 10.8. The first-order chi connectivity index (χ1) is 8.26. The topological polar surface area (TPSA) is 67.7 Å². The molecular weight excluding hydrogens is 216 g/mol. The molecule has 0 aliphatic rings. The SMILES string of the molecule is CCCNc1nc(NCC)c2cnn(C)c2n1. The van der Waals surface area contributed by atoms with Gasteiger partial charge < -0.3 is 10.6 Å². The Kier molecular flexibility index (Phi) is 3.41. The summed E-state index contributed by atoms with van der Waals surface area (Å²) in [5.41, 5.74) is 0.842. The fraction of sp³-hybridized carbons (Fsp3) is 0.545. The average Bonchev–Trinajstić information content (AvgIpc) is 2.69. The molecule has 0 radical (unpaired) electrons. The van der Waals surface area contributed by atoms with Crippen molar-refractivity contribution in [1.82, 2.24) is 19.7 Å². The average molecular weight is 234 g/mol. The molecule has 92 valence electrons. The monoisotopic (exact) mass is 234 g/mol. The van der Waals surface area contributed by atoms with E-state index in [-0.39, 0.29) is 0 Å². The second-order valence-electron chi connectivity index (χ2n) is 3.86. The smallest absolute Gasteiger partial charge is 0.226 e. The van der Waals surface area contributed by atoms with Gasteiger partial charge in [0.15, 0.2) is 5.65 Å². The van der Waals surface area contributed by atoms with Gasteiger partial charge in [-0.2, -0.15) is 15.1 Å². The third-order valence-corrected chi connectivity index (χ3v) is 2.47. The molecule has 2 aromatic heterocycles. The largest absolute Gasteiger partial charge is 0.370 e. The summed E-state index contributed by atoms with van der Waals surface area (Å²) in [6.07, 6.45) is 2.83. The predicted molar refractivity (Wildman–Crippen MR) is 69.2 cm³/mol. The summed E-state index contributed by atoms with van der Waals surface area (Å²) in [6, 6.07) is 0. The van der Waals surface area contributed by atoms with Crippen molar-refractivity contribution in [2.24, 2.45) is 7.05 Å². The summed E-state index contributed by atoms with van der Waals surface area (Å²) in [5.74, 6) is 1.49. The molecule has 0 aromatic carbocycles. The Labute approximate surface area is 100 Å². The third-order valence-electron chi connectivity index (χ3n) is 2.47. The highest BCUT2D eigenvalue weighted by atomic mass is 15.3. The van der Waals surface area contributed by atoms with E-state index in [0.717, 1.165) is 36.4 Å². The van der Waals surface area contributed by atoms with Crippen LogP contribution >= 0.6 is 0 Å². The van der Waals surface area contributed by atoms with Crippen LogP contribution in [0.2, 0.25) is 0 Å². The number of hydrogen-bond donors (Lipinski definition) is 2. The zero-order valence-corrected chi connectivity index (χ0v) is 10.5. The highest BCUT2D eigenvalue weighted by Crippen LogP contribution is 2.20. The van der Waals surface area contributed by atoms with Crippen molar-refractivity contribution in [3.05, 3.63) is 6.20 Å². The van der Waals surface area contributed by atoms with E-state index in [1.807, 2.05) is 14.0 Å². The first kappa shape index (κ1) is 11.6. The minimum absolute atomic E-state index is 0.652. The molecule has 17 heavy (non-hydrogen) atoms. The Bertz CT molecular complexity index is 504. The molecule has 0 unspecified atom stereocenters. The molecule has 2 heterocycles. The molecule has 0 aliphatic heterocycles. The zero-order chi connectivity index (χ0) is 12.3. The molecule has 0 amide bonds. The Morgan fingerprint density at radius 1 is 1.24 bits per heavy atom. The van der Waals surface area contributed by atoms with Gasteiger partial charge >= 0.3 is 0 Å². The van der Waals surface area contributed by atoms with Gasteiger partial charge in [-0.15, -0.1) is 0 Å². The van der Waals surface area contributed by atoms with Crippen LogP contribution in [0.1, 0.15) is 20.3 Å². The van der Waals surface area contributed by atoms with Gasteiger partial charge in [0.25, 0.3) is 0 Å². The molecule has 0 saturated carbocycles. The number of aromatic nitrogens is 4. The first-order valence-corrected chi connectivity index (χ1v) is 5.93. The molecule has 0 aliphatic carbocycles. The second-order valence-corrected chi connectivity index (χ2v) is 3.86. The lowest BCUT2D eigenvalue weighted by atomic mass is 10.4. The van der Waals surface area contributed by atoms with E-state index < -0.39 is 0 Å². The molecule has 0 bridgehead atoms. The van der Waals surface area contributed by atoms with E-state index in [1.54, 1.807) is 10.9 Å². The molecular formula is C11H18N6. The van der Waals surface area contributed by atoms with E-state index in [2.05, 4.69) is 32.6 Å². The maximum atomic E-state index is 4.45. The van der Waals surface area contributed by atoms with Crippen LogP contribution in [-0.4, -0.2) is 32.8 Å². The summed E-state index contributed by atoms with van der Waals surface area (Å²) in [5, 5.41) is 11.6. The summed E-state index contributed by atoms with van der Waals surface area (Å²) in [6.45, 7) is 5.85. The van der Waals surface area contributed by atoms with Crippen molar-refractivity contribution in [3.8, 4) is 0 Å². The number of hydrogen-bond acceptors (Lipinski definition) is 5. The van der Waals surface area contributed by atoms with Crippen LogP contribution < -0.4 is 10.6 Å². The van der Waals surface area contributed by atoms with Crippen LogP contribution in [-0.2, 0) is 7.05 Å². The minimum atomic E-state index is 0.652. The minimum Gasteiger partial charge on any atom is -0.370 e. The number of rotatable bonds is 5. The fourth-order valence-corrected chi connectivity index (χ4v) is 1.64. The molecule has 6 heteroatoms. The van der Waals surface area contributed by atoms with Crippen LogP contribution in [0.25, 0.3) is 11.0 Å². The van der Waals surface area contributed by atoms with Crippen molar-refractivity contribution in [2.45, 2.75) is 20.3 Å². The van der Waals surface area contributed by atoms with Gasteiger partial charge in [0.1, 0.15) is 5.82 Å². The zero-order valence-electron chi connectivity index (χ0n) is 10.5. The van der Waals surface area contributed by atoms with Crippen molar-refractivity contribution in [3.63, 3.8) is 0 Å². The fourth-order valence-electron chi connectivity index (χ4n) is 1.64. The van der Waals surface area contributed by atoms with Crippen molar-refractivity contribution in [2.75, 3.05) is 23.7 Å². The van der Waals surface area contributed by atoms with Crippen molar-refractivity contribution < 1.29 is 0 Å². The molecule has 0 spiro atoms. The Hall–Kier alpha value is -1.85. The predicted octanol–water partition coefficient (Wildman–Crippen LogP) is 1.62.